The van der Waals surface area contributed by atoms with Gasteiger partial charge in [0, 0.05) is 47.7 Å². The molecule has 0 bridgehead atoms. The van der Waals surface area contributed by atoms with Crippen LogP contribution in [-0.2, 0) is 34.5 Å². The van der Waals surface area contributed by atoms with Crippen molar-refractivity contribution in [2.45, 2.75) is 23.9 Å². The molecule has 1 N–H and O–H groups in total. The molecule has 0 spiro atoms. The van der Waals surface area contributed by atoms with E-state index < -0.39 is 16.7 Å². The lowest BCUT2D eigenvalue weighted by Gasteiger charge is -2.26. The van der Waals surface area contributed by atoms with Crippen molar-refractivity contribution in [2.75, 3.05) is 26.3 Å². The van der Waals surface area contributed by atoms with Crippen LogP contribution in [-0.4, -0.2) is 45.9 Å². The SMILES string of the molecule is O=C(NCc1ccc(Cl)cc1)c1cn(CS(=O)c2ccccc2)c2ccc(CN3CCOCC3)cc2c1=O. The van der Waals surface area contributed by atoms with Gasteiger partial charge in [-0.05, 0) is 47.5 Å². The average molecular weight is 550 g/mol. The number of amides is 1. The molecule has 7 nitrogen and oxygen atoms in total. The molecule has 1 saturated heterocycles. The van der Waals surface area contributed by atoms with Crippen molar-refractivity contribution in [1.29, 1.82) is 0 Å². The minimum atomic E-state index is -1.37. The maximum absolute atomic E-state index is 13.6. The van der Waals surface area contributed by atoms with E-state index in [1.54, 1.807) is 28.8 Å². The molecule has 0 radical (unpaired) electrons. The Morgan fingerprint density at radius 2 is 1.68 bits per heavy atom. The molecular formula is C29H28ClN3O4S. The van der Waals surface area contributed by atoms with Crippen LogP contribution in [0.25, 0.3) is 10.9 Å². The summed E-state index contributed by atoms with van der Waals surface area (Å²) in [7, 11) is -1.37. The lowest BCUT2D eigenvalue weighted by atomic mass is 10.1. The van der Waals surface area contributed by atoms with Gasteiger partial charge in [0.25, 0.3) is 5.91 Å². The quantitative estimate of drug-likeness (QED) is 0.357. The van der Waals surface area contributed by atoms with Gasteiger partial charge in [0.15, 0.2) is 0 Å². The maximum atomic E-state index is 13.6. The molecule has 38 heavy (non-hydrogen) atoms. The van der Waals surface area contributed by atoms with Crippen LogP contribution in [0.3, 0.4) is 0 Å². The minimum absolute atomic E-state index is 0.0139. The fourth-order valence-corrected chi connectivity index (χ4v) is 5.68. The van der Waals surface area contributed by atoms with Crippen molar-refractivity contribution in [3.63, 3.8) is 0 Å². The summed E-state index contributed by atoms with van der Waals surface area (Å²) in [6.07, 6.45) is 1.52. The number of fused-ring (bicyclic) bond motifs is 1. The zero-order valence-corrected chi connectivity index (χ0v) is 22.3. The Morgan fingerprint density at radius 1 is 0.974 bits per heavy atom. The third kappa shape index (κ3) is 6.22. The van der Waals surface area contributed by atoms with Crippen LogP contribution in [0.2, 0.25) is 5.02 Å². The number of hydrogen-bond acceptors (Lipinski definition) is 5. The second-order valence-electron chi connectivity index (χ2n) is 9.18. The lowest BCUT2D eigenvalue weighted by Crippen LogP contribution is -2.35. The normalized spacial score (nSPS) is 14.9. The van der Waals surface area contributed by atoms with Crippen LogP contribution < -0.4 is 10.7 Å². The molecule has 1 aliphatic rings. The number of carbonyl (C=O) groups is 1. The first-order valence-corrected chi connectivity index (χ1v) is 14.1. The van der Waals surface area contributed by atoms with Crippen molar-refractivity contribution >= 4 is 39.2 Å². The highest BCUT2D eigenvalue weighted by Gasteiger charge is 2.18. The van der Waals surface area contributed by atoms with E-state index in [0.717, 1.165) is 24.2 Å². The number of nitrogens with zero attached hydrogens (tertiary/aromatic N) is 2. The van der Waals surface area contributed by atoms with Crippen LogP contribution in [0.5, 0.6) is 0 Å². The second kappa shape index (κ2) is 12.0. The molecule has 4 aromatic rings. The standard InChI is InChI=1S/C29H28ClN3O4S/c30-23-9-6-21(7-10-23)17-31-29(35)26-19-33(20-38(36)24-4-2-1-3-5-24)27-11-8-22(16-25(27)28(26)34)18-32-12-14-37-15-13-32/h1-11,16,19H,12-15,17-18,20H2,(H,31,35). The van der Waals surface area contributed by atoms with Crippen LogP contribution in [0.15, 0.2) is 88.7 Å². The van der Waals surface area contributed by atoms with Crippen molar-refractivity contribution in [1.82, 2.24) is 14.8 Å². The third-order valence-corrected chi connectivity index (χ3v) is 8.09. The van der Waals surface area contributed by atoms with E-state index in [2.05, 4.69) is 10.2 Å². The number of morpholine rings is 1. The number of rotatable bonds is 8. The number of pyridine rings is 1. The molecule has 0 saturated carbocycles. The zero-order valence-electron chi connectivity index (χ0n) is 20.8. The number of halogens is 1. The minimum Gasteiger partial charge on any atom is -0.379 e. The fourth-order valence-electron chi connectivity index (χ4n) is 4.48. The molecule has 5 rings (SSSR count). The first-order chi connectivity index (χ1) is 18.5. The number of ether oxygens (including phenoxy) is 1. The monoisotopic (exact) mass is 549 g/mol. The van der Waals surface area contributed by atoms with Gasteiger partial charge >= 0.3 is 0 Å². The largest absolute Gasteiger partial charge is 0.379 e. The van der Waals surface area contributed by atoms with Crippen LogP contribution in [0.1, 0.15) is 21.5 Å². The Hall–Kier alpha value is -3.30. The molecule has 1 atom stereocenters. The van der Waals surface area contributed by atoms with Crippen molar-refractivity contribution in [3.8, 4) is 0 Å². The molecule has 1 aliphatic heterocycles. The second-order valence-corrected chi connectivity index (χ2v) is 11.0. The van der Waals surface area contributed by atoms with Crippen molar-refractivity contribution in [3.05, 3.63) is 111 Å². The number of carbonyl (C=O) groups excluding carboxylic acids is 1. The topological polar surface area (TPSA) is 80.6 Å². The molecule has 196 valence electrons. The Bertz CT molecular complexity index is 1520. The summed E-state index contributed by atoms with van der Waals surface area (Å²) in [6.45, 7) is 3.95. The van der Waals surface area contributed by atoms with E-state index in [-0.39, 0.29) is 23.4 Å². The molecule has 3 aromatic carbocycles. The number of hydrogen-bond donors (Lipinski definition) is 1. The summed E-state index contributed by atoms with van der Waals surface area (Å²) in [5.41, 5.74) is 2.14. The first kappa shape index (κ1) is 26.3. The Morgan fingerprint density at radius 3 is 2.42 bits per heavy atom. The summed E-state index contributed by atoms with van der Waals surface area (Å²) in [6, 6.07) is 22.0. The summed E-state index contributed by atoms with van der Waals surface area (Å²) in [5.74, 6) is -0.370. The predicted molar refractivity (Wildman–Crippen MR) is 150 cm³/mol. The summed E-state index contributed by atoms with van der Waals surface area (Å²) in [4.78, 5) is 29.7. The molecule has 9 heteroatoms. The van der Waals surface area contributed by atoms with Gasteiger partial charge in [0.05, 0.1) is 29.5 Å². The number of nitrogens with one attached hydrogen (secondary N) is 1. The molecule has 1 fully saturated rings. The summed E-state index contributed by atoms with van der Waals surface area (Å²) >= 11 is 5.96. The average Bonchev–Trinajstić information content (AvgIpc) is 2.95. The highest BCUT2D eigenvalue weighted by atomic mass is 35.5. The van der Waals surface area contributed by atoms with Crippen LogP contribution >= 0.6 is 11.6 Å². The third-order valence-electron chi connectivity index (χ3n) is 6.53. The van der Waals surface area contributed by atoms with E-state index in [0.29, 0.717) is 40.6 Å². The van der Waals surface area contributed by atoms with Crippen LogP contribution in [0, 0.1) is 0 Å². The van der Waals surface area contributed by atoms with Gasteiger partial charge in [-0.3, -0.25) is 18.7 Å². The van der Waals surface area contributed by atoms with E-state index in [1.807, 2.05) is 48.5 Å². The van der Waals surface area contributed by atoms with E-state index in [9.17, 15) is 13.8 Å². The van der Waals surface area contributed by atoms with E-state index >= 15 is 0 Å². The van der Waals surface area contributed by atoms with Gasteiger partial charge in [0.1, 0.15) is 11.4 Å². The van der Waals surface area contributed by atoms with Gasteiger partial charge in [-0.1, -0.05) is 48.0 Å². The van der Waals surface area contributed by atoms with Gasteiger partial charge < -0.3 is 14.6 Å². The van der Waals surface area contributed by atoms with Crippen molar-refractivity contribution < 1.29 is 13.7 Å². The van der Waals surface area contributed by atoms with Crippen molar-refractivity contribution in [2.24, 2.45) is 0 Å². The number of benzene rings is 3. The van der Waals surface area contributed by atoms with Gasteiger partial charge in [-0.25, -0.2) is 0 Å². The summed E-state index contributed by atoms with van der Waals surface area (Å²) < 4.78 is 20.4. The smallest absolute Gasteiger partial charge is 0.257 e. The van der Waals surface area contributed by atoms with Gasteiger partial charge in [0.2, 0.25) is 5.43 Å². The van der Waals surface area contributed by atoms with E-state index in [4.69, 9.17) is 16.3 Å². The number of aromatic nitrogens is 1. The van der Waals surface area contributed by atoms with Gasteiger partial charge in [-0.15, -0.1) is 0 Å². The zero-order chi connectivity index (χ0) is 26.5. The molecule has 0 aliphatic carbocycles. The highest BCUT2D eigenvalue weighted by Crippen LogP contribution is 2.19. The fraction of sp³-hybridized carbons (Fsp3) is 0.241. The Labute approximate surface area is 228 Å². The summed E-state index contributed by atoms with van der Waals surface area (Å²) in [5, 5.41) is 3.88. The maximum Gasteiger partial charge on any atom is 0.257 e. The molecule has 2 heterocycles. The Kier molecular flexibility index (Phi) is 8.34. The molecule has 1 aromatic heterocycles. The molecule has 1 amide bonds. The molecular weight excluding hydrogens is 522 g/mol. The van der Waals surface area contributed by atoms with E-state index in [1.165, 1.54) is 6.20 Å². The predicted octanol–water partition coefficient (Wildman–Crippen LogP) is 4.18. The first-order valence-electron chi connectivity index (χ1n) is 12.4. The highest BCUT2D eigenvalue weighted by molar-refractivity contribution is 7.84. The molecule has 1 unspecified atom stereocenters. The van der Waals surface area contributed by atoms with Gasteiger partial charge in [-0.2, -0.15) is 0 Å². The lowest BCUT2D eigenvalue weighted by molar-refractivity contribution is 0.0342. The Balaban J connectivity index is 1.49. The van der Waals surface area contributed by atoms with Crippen LogP contribution in [0.4, 0.5) is 0 Å².